The van der Waals surface area contributed by atoms with Crippen LogP contribution in [-0.2, 0) is 13.5 Å². The highest BCUT2D eigenvalue weighted by atomic mass is 19.1. The summed E-state index contributed by atoms with van der Waals surface area (Å²) in [5.41, 5.74) is 0.694. The summed E-state index contributed by atoms with van der Waals surface area (Å²) in [4.78, 5) is 4.20. The van der Waals surface area contributed by atoms with Crippen molar-refractivity contribution in [2.75, 3.05) is 6.61 Å². The van der Waals surface area contributed by atoms with Gasteiger partial charge in [0, 0.05) is 31.3 Å². The van der Waals surface area contributed by atoms with E-state index in [9.17, 15) is 8.78 Å². The number of hydrogen-bond donors (Lipinski definition) is 1. The molecule has 1 heterocycles. The Kier molecular flexibility index (Phi) is 3.19. The standard InChI is InChI=1S/C12H12F2N2O/c1-16-7-11(15-12(16)4-5-17)9-3-2-8(13)6-10(9)14/h2-3,6-7,17H,4-5H2,1H3. The Morgan fingerprint density at radius 2 is 2.12 bits per heavy atom. The second-order valence-corrected chi connectivity index (χ2v) is 3.75. The lowest BCUT2D eigenvalue weighted by molar-refractivity contribution is 0.295. The van der Waals surface area contributed by atoms with Gasteiger partial charge >= 0.3 is 0 Å². The summed E-state index contributed by atoms with van der Waals surface area (Å²) in [7, 11) is 1.77. The van der Waals surface area contributed by atoms with Crippen molar-refractivity contribution in [2.24, 2.45) is 7.05 Å². The number of aryl methyl sites for hydroxylation is 1. The summed E-state index contributed by atoms with van der Waals surface area (Å²) in [6.07, 6.45) is 2.06. The van der Waals surface area contributed by atoms with Gasteiger partial charge in [0.2, 0.25) is 0 Å². The van der Waals surface area contributed by atoms with Gasteiger partial charge in [0.15, 0.2) is 0 Å². The molecule has 1 aromatic carbocycles. The number of aliphatic hydroxyl groups excluding tert-OH is 1. The Morgan fingerprint density at radius 1 is 1.35 bits per heavy atom. The summed E-state index contributed by atoms with van der Waals surface area (Å²) < 4.78 is 28.0. The summed E-state index contributed by atoms with van der Waals surface area (Å²) in [6.45, 7) is -0.0177. The molecule has 0 atom stereocenters. The van der Waals surface area contributed by atoms with Crippen molar-refractivity contribution in [3.05, 3.63) is 41.9 Å². The minimum Gasteiger partial charge on any atom is -0.396 e. The molecule has 0 fully saturated rings. The predicted octanol–water partition coefficient (Wildman–Crippen LogP) is 1.90. The maximum absolute atomic E-state index is 13.5. The van der Waals surface area contributed by atoms with E-state index in [0.717, 1.165) is 6.07 Å². The Morgan fingerprint density at radius 3 is 2.76 bits per heavy atom. The second kappa shape index (κ2) is 4.63. The number of nitrogens with zero attached hydrogens (tertiary/aromatic N) is 2. The molecule has 3 nitrogen and oxygen atoms in total. The molecule has 0 radical (unpaired) electrons. The highest BCUT2D eigenvalue weighted by Crippen LogP contribution is 2.22. The first-order valence-corrected chi connectivity index (χ1v) is 5.20. The zero-order chi connectivity index (χ0) is 12.4. The molecule has 2 aromatic rings. The van der Waals surface area contributed by atoms with Gasteiger partial charge in [-0.05, 0) is 12.1 Å². The molecule has 17 heavy (non-hydrogen) atoms. The summed E-state index contributed by atoms with van der Waals surface area (Å²) in [5, 5.41) is 8.84. The third-order valence-corrected chi connectivity index (χ3v) is 2.52. The van der Waals surface area contributed by atoms with Crippen LogP contribution in [0.4, 0.5) is 8.78 Å². The lowest BCUT2D eigenvalue weighted by atomic mass is 10.1. The molecule has 0 amide bonds. The van der Waals surface area contributed by atoms with E-state index in [4.69, 9.17) is 5.11 Å². The van der Waals surface area contributed by atoms with Crippen LogP contribution in [0, 0.1) is 11.6 Å². The van der Waals surface area contributed by atoms with E-state index < -0.39 is 11.6 Å². The molecule has 5 heteroatoms. The van der Waals surface area contributed by atoms with Crippen LogP contribution in [0.2, 0.25) is 0 Å². The SMILES string of the molecule is Cn1cc(-c2ccc(F)cc2F)nc1CCO. The molecule has 0 unspecified atom stereocenters. The average molecular weight is 238 g/mol. The molecular weight excluding hydrogens is 226 g/mol. The maximum atomic E-state index is 13.5. The van der Waals surface area contributed by atoms with Crippen molar-refractivity contribution in [2.45, 2.75) is 6.42 Å². The van der Waals surface area contributed by atoms with Crippen LogP contribution in [0.25, 0.3) is 11.3 Å². The number of aromatic nitrogens is 2. The Balaban J connectivity index is 2.42. The highest BCUT2D eigenvalue weighted by molar-refractivity contribution is 5.59. The van der Waals surface area contributed by atoms with E-state index in [2.05, 4.69) is 4.98 Å². The largest absolute Gasteiger partial charge is 0.396 e. The molecule has 1 aromatic heterocycles. The van der Waals surface area contributed by atoms with Gasteiger partial charge < -0.3 is 9.67 Å². The number of benzene rings is 1. The van der Waals surface area contributed by atoms with Crippen molar-refractivity contribution in [1.82, 2.24) is 9.55 Å². The van der Waals surface area contributed by atoms with Gasteiger partial charge in [-0.2, -0.15) is 0 Å². The van der Waals surface area contributed by atoms with E-state index in [1.165, 1.54) is 12.1 Å². The Labute approximate surface area is 97.3 Å². The van der Waals surface area contributed by atoms with Crippen LogP contribution in [0.3, 0.4) is 0 Å². The molecule has 2 rings (SSSR count). The third kappa shape index (κ3) is 2.34. The molecule has 0 aliphatic carbocycles. The first-order chi connectivity index (χ1) is 8.11. The van der Waals surface area contributed by atoms with Crippen LogP contribution >= 0.6 is 0 Å². The minimum atomic E-state index is -0.640. The highest BCUT2D eigenvalue weighted by Gasteiger charge is 2.11. The Hall–Kier alpha value is -1.75. The average Bonchev–Trinajstić information content (AvgIpc) is 2.60. The molecule has 0 aliphatic heterocycles. The van der Waals surface area contributed by atoms with Gasteiger partial charge in [0.25, 0.3) is 0 Å². The van der Waals surface area contributed by atoms with E-state index in [0.29, 0.717) is 17.9 Å². The number of rotatable bonds is 3. The third-order valence-electron chi connectivity index (χ3n) is 2.52. The summed E-state index contributed by atoms with van der Waals surface area (Å²) >= 11 is 0. The number of aliphatic hydroxyl groups is 1. The number of imidazole rings is 1. The van der Waals surface area contributed by atoms with E-state index in [1.54, 1.807) is 17.8 Å². The van der Waals surface area contributed by atoms with Crippen LogP contribution < -0.4 is 0 Å². The zero-order valence-corrected chi connectivity index (χ0v) is 9.32. The topological polar surface area (TPSA) is 38.0 Å². The number of hydrogen-bond acceptors (Lipinski definition) is 2. The Bertz CT molecular complexity index is 537. The van der Waals surface area contributed by atoms with Crippen molar-refractivity contribution >= 4 is 0 Å². The molecule has 0 bridgehead atoms. The quantitative estimate of drug-likeness (QED) is 0.886. The van der Waals surface area contributed by atoms with Gasteiger partial charge in [0.05, 0.1) is 12.3 Å². The van der Waals surface area contributed by atoms with Crippen molar-refractivity contribution in [3.8, 4) is 11.3 Å². The van der Waals surface area contributed by atoms with Crippen molar-refractivity contribution < 1.29 is 13.9 Å². The van der Waals surface area contributed by atoms with Crippen LogP contribution in [-0.4, -0.2) is 21.3 Å². The van der Waals surface area contributed by atoms with E-state index in [-0.39, 0.29) is 12.2 Å². The predicted molar refractivity (Wildman–Crippen MR) is 59.3 cm³/mol. The van der Waals surface area contributed by atoms with Crippen LogP contribution in [0.5, 0.6) is 0 Å². The lowest BCUT2D eigenvalue weighted by Crippen LogP contribution is -1.99. The van der Waals surface area contributed by atoms with Gasteiger partial charge in [-0.15, -0.1) is 0 Å². The van der Waals surface area contributed by atoms with Crippen molar-refractivity contribution in [3.63, 3.8) is 0 Å². The minimum absolute atomic E-state index is 0.0177. The molecule has 0 aliphatic rings. The fourth-order valence-electron chi connectivity index (χ4n) is 1.66. The molecule has 0 saturated heterocycles. The van der Waals surface area contributed by atoms with Gasteiger partial charge in [-0.3, -0.25) is 0 Å². The summed E-state index contributed by atoms with van der Waals surface area (Å²) in [6, 6.07) is 3.38. The molecule has 0 spiro atoms. The fourth-order valence-corrected chi connectivity index (χ4v) is 1.66. The van der Waals surface area contributed by atoms with Crippen LogP contribution in [0.1, 0.15) is 5.82 Å². The first kappa shape index (κ1) is 11.7. The fraction of sp³-hybridized carbons (Fsp3) is 0.250. The van der Waals surface area contributed by atoms with Gasteiger partial charge in [-0.1, -0.05) is 0 Å². The van der Waals surface area contributed by atoms with E-state index in [1.807, 2.05) is 0 Å². The molecule has 0 saturated carbocycles. The maximum Gasteiger partial charge on any atom is 0.135 e. The normalized spacial score (nSPS) is 10.8. The number of halogens is 2. The van der Waals surface area contributed by atoms with Crippen molar-refractivity contribution in [1.29, 1.82) is 0 Å². The zero-order valence-electron chi connectivity index (χ0n) is 9.32. The van der Waals surface area contributed by atoms with E-state index >= 15 is 0 Å². The monoisotopic (exact) mass is 238 g/mol. The smallest absolute Gasteiger partial charge is 0.135 e. The van der Waals surface area contributed by atoms with Crippen LogP contribution in [0.15, 0.2) is 24.4 Å². The van der Waals surface area contributed by atoms with Gasteiger partial charge in [0.1, 0.15) is 17.5 Å². The second-order valence-electron chi connectivity index (χ2n) is 3.75. The van der Waals surface area contributed by atoms with Gasteiger partial charge in [-0.25, -0.2) is 13.8 Å². The molecule has 1 N–H and O–H groups in total. The molecular formula is C12H12F2N2O. The summed E-state index contributed by atoms with van der Waals surface area (Å²) in [5.74, 6) is -0.595. The molecule has 90 valence electrons. The first-order valence-electron chi connectivity index (χ1n) is 5.20. The lowest BCUT2D eigenvalue weighted by Gasteiger charge is -1.98.